The lowest BCUT2D eigenvalue weighted by molar-refractivity contribution is 0.0624. The van der Waals surface area contributed by atoms with Crippen molar-refractivity contribution in [3.05, 3.63) is 54.6 Å². The van der Waals surface area contributed by atoms with Gasteiger partial charge in [0.2, 0.25) is 0 Å². The minimum absolute atomic E-state index is 0.249. The molecule has 2 unspecified atom stereocenters. The van der Waals surface area contributed by atoms with Crippen molar-refractivity contribution in [3.8, 4) is 16.9 Å². The molecular weight excluding hydrogens is 248 g/mol. The highest BCUT2D eigenvalue weighted by atomic mass is 16.5. The van der Waals surface area contributed by atoms with Gasteiger partial charge in [-0.3, -0.25) is 0 Å². The summed E-state index contributed by atoms with van der Waals surface area (Å²) in [5.74, 6) is 1.07. The molecule has 0 amide bonds. The fraction of sp³-hybridized carbons (Fsp3) is 0.333. The van der Waals surface area contributed by atoms with E-state index in [0.717, 1.165) is 23.3 Å². The standard InChI is InChI=1S/C18H22O2/c1-3-14(2)17(19)13-20-18-12-8-7-11-16(18)15-9-5-4-6-10-15/h4-12,14,17,19H,3,13H2,1-2H3. The molecule has 0 saturated heterocycles. The van der Waals surface area contributed by atoms with Crippen LogP contribution in [-0.2, 0) is 0 Å². The van der Waals surface area contributed by atoms with Crippen LogP contribution in [0.5, 0.6) is 5.75 Å². The summed E-state index contributed by atoms with van der Waals surface area (Å²) in [6.07, 6.45) is 0.522. The van der Waals surface area contributed by atoms with Gasteiger partial charge in [-0.2, -0.15) is 0 Å². The Morgan fingerprint density at radius 2 is 1.65 bits per heavy atom. The summed E-state index contributed by atoms with van der Waals surface area (Å²) in [6, 6.07) is 18.1. The summed E-state index contributed by atoms with van der Waals surface area (Å²) in [5.41, 5.74) is 2.19. The molecule has 0 aliphatic rings. The lowest BCUT2D eigenvalue weighted by Gasteiger charge is -2.19. The minimum Gasteiger partial charge on any atom is -0.490 e. The van der Waals surface area contributed by atoms with Crippen molar-refractivity contribution in [3.63, 3.8) is 0 Å². The maximum absolute atomic E-state index is 10.0. The molecule has 0 radical (unpaired) electrons. The largest absolute Gasteiger partial charge is 0.490 e. The predicted octanol–water partition coefficient (Wildman–Crippen LogP) is 4.14. The fourth-order valence-corrected chi connectivity index (χ4v) is 2.06. The SMILES string of the molecule is CCC(C)C(O)COc1ccccc1-c1ccccc1. The molecule has 0 aromatic heterocycles. The van der Waals surface area contributed by atoms with Crippen LogP contribution in [0.2, 0.25) is 0 Å². The number of hydrogen-bond acceptors (Lipinski definition) is 2. The van der Waals surface area contributed by atoms with Crippen LogP contribution in [0.1, 0.15) is 20.3 Å². The first-order valence-electron chi connectivity index (χ1n) is 7.17. The van der Waals surface area contributed by atoms with E-state index in [0.29, 0.717) is 6.61 Å². The second-order valence-corrected chi connectivity index (χ2v) is 5.13. The zero-order chi connectivity index (χ0) is 14.4. The number of aliphatic hydroxyl groups is 1. The first kappa shape index (κ1) is 14.6. The Labute approximate surface area is 121 Å². The van der Waals surface area contributed by atoms with E-state index in [4.69, 9.17) is 4.74 Å². The molecule has 0 aliphatic carbocycles. The van der Waals surface area contributed by atoms with Gasteiger partial charge in [0, 0.05) is 5.56 Å². The highest BCUT2D eigenvalue weighted by molar-refractivity contribution is 5.70. The average Bonchev–Trinajstić information content (AvgIpc) is 2.53. The van der Waals surface area contributed by atoms with Gasteiger partial charge in [-0.25, -0.2) is 0 Å². The van der Waals surface area contributed by atoms with Gasteiger partial charge in [-0.05, 0) is 17.5 Å². The monoisotopic (exact) mass is 270 g/mol. The number of hydrogen-bond donors (Lipinski definition) is 1. The van der Waals surface area contributed by atoms with Crippen LogP contribution in [0.25, 0.3) is 11.1 Å². The summed E-state index contributed by atoms with van der Waals surface area (Å²) in [7, 11) is 0. The normalized spacial score (nSPS) is 13.8. The van der Waals surface area contributed by atoms with E-state index in [1.54, 1.807) is 0 Å². The second-order valence-electron chi connectivity index (χ2n) is 5.13. The molecule has 0 fully saturated rings. The minimum atomic E-state index is -0.427. The molecule has 0 spiro atoms. The summed E-state index contributed by atoms with van der Waals surface area (Å²) in [4.78, 5) is 0. The molecule has 2 heteroatoms. The maximum Gasteiger partial charge on any atom is 0.127 e. The first-order chi connectivity index (χ1) is 9.72. The summed E-state index contributed by atoms with van der Waals surface area (Å²) in [5, 5.41) is 10.0. The van der Waals surface area contributed by atoms with Crippen LogP contribution in [0.15, 0.2) is 54.6 Å². The first-order valence-corrected chi connectivity index (χ1v) is 7.17. The van der Waals surface area contributed by atoms with E-state index in [-0.39, 0.29) is 5.92 Å². The Morgan fingerprint density at radius 3 is 2.35 bits per heavy atom. The number of para-hydroxylation sites is 1. The van der Waals surface area contributed by atoms with Crippen molar-refractivity contribution in [2.75, 3.05) is 6.61 Å². The third-order valence-electron chi connectivity index (χ3n) is 3.68. The lowest BCUT2D eigenvalue weighted by Crippen LogP contribution is -2.24. The molecule has 2 atom stereocenters. The molecule has 0 heterocycles. The number of rotatable bonds is 6. The molecule has 2 aromatic carbocycles. The van der Waals surface area contributed by atoms with E-state index in [1.807, 2.05) is 49.4 Å². The summed E-state index contributed by atoms with van der Waals surface area (Å²) < 4.78 is 5.83. The van der Waals surface area contributed by atoms with Gasteiger partial charge < -0.3 is 9.84 Å². The van der Waals surface area contributed by atoms with Crippen LogP contribution in [-0.4, -0.2) is 17.8 Å². The van der Waals surface area contributed by atoms with Gasteiger partial charge in [0.15, 0.2) is 0 Å². The quantitative estimate of drug-likeness (QED) is 0.855. The van der Waals surface area contributed by atoms with Crippen LogP contribution >= 0.6 is 0 Å². The smallest absolute Gasteiger partial charge is 0.127 e. The van der Waals surface area contributed by atoms with Gasteiger partial charge in [-0.15, -0.1) is 0 Å². The van der Waals surface area contributed by atoms with Crippen molar-refractivity contribution in [1.82, 2.24) is 0 Å². The van der Waals surface area contributed by atoms with Crippen molar-refractivity contribution in [1.29, 1.82) is 0 Å². The highest BCUT2D eigenvalue weighted by Crippen LogP contribution is 2.29. The van der Waals surface area contributed by atoms with Crippen LogP contribution < -0.4 is 4.74 Å². The van der Waals surface area contributed by atoms with Crippen LogP contribution in [0, 0.1) is 5.92 Å². The maximum atomic E-state index is 10.0. The van der Waals surface area contributed by atoms with Crippen molar-refractivity contribution >= 4 is 0 Å². The summed E-state index contributed by atoms with van der Waals surface area (Å²) >= 11 is 0. The molecular formula is C18H22O2. The Balaban J connectivity index is 2.13. The van der Waals surface area contributed by atoms with Crippen LogP contribution in [0.3, 0.4) is 0 Å². The predicted molar refractivity (Wildman–Crippen MR) is 82.8 cm³/mol. The molecule has 2 nitrogen and oxygen atoms in total. The van der Waals surface area contributed by atoms with E-state index < -0.39 is 6.10 Å². The molecule has 0 aliphatic heterocycles. The Kier molecular flexibility index (Phi) is 5.19. The number of aliphatic hydroxyl groups excluding tert-OH is 1. The zero-order valence-corrected chi connectivity index (χ0v) is 12.1. The molecule has 0 bridgehead atoms. The van der Waals surface area contributed by atoms with Gasteiger partial charge in [-0.1, -0.05) is 68.8 Å². The third-order valence-corrected chi connectivity index (χ3v) is 3.68. The molecule has 2 aromatic rings. The number of benzene rings is 2. The van der Waals surface area contributed by atoms with Crippen LogP contribution in [0.4, 0.5) is 0 Å². The van der Waals surface area contributed by atoms with E-state index >= 15 is 0 Å². The topological polar surface area (TPSA) is 29.5 Å². The Hall–Kier alpha value is -1.80. The fourth-order valence-electron chi connectivity index (χ4n) is 2.06. The van der Waals surface area contributed by atoms with Crippen molar-refractivity contribution in [2.45, 2.75) is 26.4 Å². The number of ether oxygens (including phenoxy) is 1. The third kappa shape index (κ3) is 3.61. The molecule has 2 rings (SSSR count). The Morgan fingerprint density at radius 1 is 1.00 bits per heavy atom. The van der Waals surface area contributed by atoms with Crippen molar-refractivity contribution in [2.24, 2.45) is 5.92 Å². The second kappa shape index (κ2) is 7.11. The molecule has 106 valence electrons. The zero-order valence-electron chi connectivity index (χ0n) is 12.1. The van der Waals surface area contributed by atoms with Gasteiger partial charge in [0.1, 0.15) is 12.4 Å². The van der Waals surface area contributed by atoms with E-state index in [1.165, 1.54) is 0 Å². The van der Waals surface area contributed by atoms with E-state index in [9.17, 15) is 5.11 Å². The van der Waals surface area contributed by atoms with Gasteiger partial charge in [0.05, 0.1) is 6.10 Å². The van der Waals surface area contributed by atoms with Crippen molar-refractivity contribution < 1.29 is 9.84 Å². The summed E-state index contributed by atoms with van der Waals surface area (Å²) in [6.45, 7) is 4.45. The molecule has 0 saturated carbocycles. The average molecular weight is 270 g/mol. The van der Waals surface area contributed by atoms with Gasteiger partial charge in [0.25, 0.3) is 0 Å². The van der Waals surface area contributed by atoms with E-state index in [2.05, 4.69) is 19.1 Å². The molecule has 1 N–H and O–H groups in total. The highest BCUT2D eigenvalue weighted by Gasteiger charge is 2.14. The van der Waals surface area contributed by atoms with Gasteiger partial charge >= 0.3 is 0 Å². The Bertz CT molecular complexity index is 522. The lowest BCUT2D eigenvalue weighted by atomic mass is 10.0. The molecule has 20 heavy (non-hydrogen) atoms.